The van der Waals surface area contributed by atoms with Crippen molar-refractivity contribution in [2.45, 2.75) is 6.42 Å². The van der Waals surface area contributed by atoms with Crippen molar-refractivity contribution >= 4 is 11.8 Å². The highest BCUT2D eigenvalue weighted by atomic mass is 16.5. The Kier molecular flexibility index (Phi) is 3.79. The molecule has 1 aromatic rings. The molecule has 0 atom stereocenters. The number of anilines is 1. The van der Waals surface area contributed by atoms with Crippen LogP contribution < -0.4 is 15.1 Å². The quantitative estimate of drug-likeness (QED) is 0.868. The van der Waals surface area contributed by atoms with Gasteiger partial charge in [0.05, 0.1) is 7.11 Å². The van der Waals surface area contributed by atoms with Crippen LogP contribution >= 0.6 is 0 Å². The predicted molar refractivity (Wildman–Crippen MR) is 72.0 cm³/mol. The molecule has 1 aliphatic rings. The molecular weight excluding hydrogens is 246 g/mol. The highest BCUT2D eigenvalue weighted by Gasteiger charge is 2.17. The number of nitrogens with zero attached hydrogens (tertiary/aromatic N) is 2. The summed E-state index contributed by atoms with van der Waals surface area (Å²) in [7, 11) is 3.59. The van der Waals surface area contributed by atoms with Crippen LogP contribution in [0.15, 0.2) is 36.2 Å². The topological polar surface area (TPSA) is 65.0 Å². The fraction of sp³-hybridized carbons (Fsp3) is 0.308. The third-order valence-electron chi connectivity index (χ3n) is 3.04. The molecular formula is C13H17N3O3. The second-order valence-corrected chi connectivity index (χ2v) is 4.24. The Bertz CT molecular complexity index is 484. The molecule has 1 aliphatic heterocycles. The SMILES string of the molecule is COc1ccc(N(C)C2=CN(NC(=O)O)CC2)cc1. The van der Waals surface area contributed by atoms with E-state index in [1.54, 1.807) is 18.3 Å². The second-order valence-electron chi connectivity index (χ2n) is 4.24. The number of carbonyl (C=O) groups is 1. The monoisotopic (exact) mass is 263 g/mol. The predicted octanol–water partition coefficient (Wildman–Crippen LogP) is 1.86. The van der Waals surface area contributed by atoms with Gasteiger partial charge in [-0.05, 0) is 24.3 Å². The summed E-state index contributed by atoms with van der Waals surface area (Å²) in [5.74, 6) is 0.812. The molecule has 0 spiro atoms. The largest absolute Gasteiger partial charge is 0.497 e. The van der Waals surface area contributed by atoms with Gasteiger partial charge in [0, 0.05) is 37.6 Å². The van der Waals surface area contributed by atoms with E-state index >= 15 is 0 Å². The van der Waals surface area contributed by atoms with E-state index in [-0.39, 0.29) is 0 Å². The first-order valence-electron chi connectivity index (χ1n) is 5.95. The van der Waals surface area contributed by atoms with Crippen LogP contribution in [0.3, 0.4) is 0 Å². The van der Waals surface area contributed by atoms with Gasteiger partial charge in [-0.25, -0.2) is 10.2 Å². The standard InChI is InChI=1S/C13H17N3O3/c1-15(10-3-5-12(19-2)6-4-10)11-7-8-16(9-11)14-13(17)18/h3-6,9,14H,7-8H2,1-2H3,(H,17,18). The van der Waals surface area contributed by atoms with Crippen LogP contribution in [-0.4, -0.2) is 36.9 Å². The summed E-state index contributed by atoms with van der Waals surface area (Å²) in [5, 5.41) is 10.2. The lowest BCUT2D eigenvalue weighted by molar-refractivity contribution is 0.166. The minimum absolute atomic E-state index is 0.641. The molecule has 102 valence electrons. The zero-order valence-corrected chi connectivity index (χ0v) is 11.0. The molecule has 1 heterocycles. The van der Waals surface area contributed by atoms with Crippen molar-refractivity contribution in [2.24, 2.45) is 0 Å². The zero-order valence-electron chi connectivity index (χ0n) is 11.0. The van der Waals surface area contributed by atoms with Crippen molar-refractivity contribution in [1.29, 1.82) is 0 Å². The molecule has 1 amide bonds. The van der Waals surface area contributed by atoms with Crippen LogP contribution in [0.1, 0.15) is 6.42 Å². The number of methoxy groups -OCH3 is 1. The lowest BCUT2D eigenvalue weighted by atomic mass is 10.2. The van der Waals surface area contributed by atoms with Gasteiger partial charge in [0.15, 0.2) is 0 Å². The lowest BCUT2D eigenvalue weighted by Gasteiger charge is -2.20. The molecule has 2 N–H and O–H groups in total. The molecule has 19 heavy (non-hydrogen) atoms. The van der Waals surface area contributed by atoms with Crippen LogP contribution in [-0.2, 0) is 0 Å². The number of hydrogen-bond acceptors (Lipinski definition) is 4. The van der Waals surface area contributed by atoms with Gasteiger partial charge in [0.1, 0.15) is 5.75 Å². The maximum Gasteiger partial charge on any atom is 0.423 e. The van der Waals surface area contributed by atoms with Crippen LogP contribution in [0, 0.1) is 0 Å². The van der Waals surface area contributed by atoms with Crippen molar-refractivity contribution in [3.05, 3.63) is 36.2 Å². The Labute approximate surface area is 111 Å². The van der Waals surface area contributed by atoms with E-state index in [4.69, 9.17) is 9.84 Å². The summed E-state index contributed by atoms with van der Waals surface area (Å²) < 4.78 is 5.12. The Morgan fingerprint density at radius 3 is 2.68 bits per heavy atom. The van der Waals surface area contributed by atoms with Crippen LogP contribution in [0.4, 0.5) is 10.5 Å². The number of ether oxygens (including phenoxy) is 1. The minimum atomic E-state index is -1.05. The molecule has 6 nitrogen and oxygen atoms in total. The van der Waals surface area contributed by atoms with E-state index in [9.17, 15) is 4.79 Å². The molecule has 6 heteroatoms. The van der Waals surface area contributed by atoms with Gasteiger partial charge in [-0.3, -0.25) is 5.01 Å². The van der Waals surface area contributed by atoms with Gasteiger partial charge in [0.25, 0.3) is 0 Å². The fourth-order valence-electron chi connectivity index (χ4n) is 1.98. The van der Waals surface area contributed by atoms with E-state index in [0.717, 1.165) is 23.6 Å². The van der Waals surface area contributed by atoms with Crippen molar-refractivity contribution in [3.63, 3.8) is 0 Å². The number of benzene rings is 1. The first-order chi connectivity index (χ1) is 9.10. The lowest BCUT2D eigenvalue weighted by Crippen LogP contribution is -2.35. The number of hydrazine groups is 1. The zero-order chi connectivity index (χ0) is 13.8. The van der Waals surface area contributed by atoms with Crippen LogP contribution in [0.5, 0.6) is 5.75 Å². The van der Waals surface area contributed by atoms with E-state index < -0.39 is 6.09 Å². The summed E-state index contributed by atoms with van der Waals surface area (Å²) in [5.41, 5.74) is 4.41. The maximum atomic E-state index is 10.6. The first-order valence-corrected chi connectivity index (χ1v) is 5.95. The molecule has 1 aromatic carbocycles. The molecule has 0 unspecified atom stereocenters. The molecule has 0 fully saturated rings. The summed E-state index contributed by atoms with van der Waals surface area (Å²) in [6, 6.07) is 7.73. The maximum absolute atomic E-state index is 10.6. The van der Waals surface area contributed by atoms with E-state index in [1.165, 1.54) is 0 Å². The molecule has 0 aliphatic carbocycles. The Balaban J connectivity index is 2.06. The van der Waals surface area contributed by atoms with Gasteiger partial charge < -0.3 is 14.7 Å². The number of rotatable bonds is 4. The third kappa shape index (κ3) is 3.09. The summed E-state index contributed by atoms with van der Waals surface area (Å²) in [4.78, 5) is 12.6. The highest BCUT2D eigenvalue weighted by Crippen LogP contribution is 2.24. The third-order valence-corrected chi connectivity index (χ3v) is 3.04. The minimum Gasteiger partial charge on any atom is -0.497 e. The van der Waals surface area contributed by atoms with Gasteiger partial charge in [-0.15, -0.1) is 0 Å². The Morgan fingerprint density at radius 1 is 1.42 bits per heavy atom. The molecule has 2 rings (SSSR count). The van der Waals surface area contributed by atoms with Gasteiger partial charge in [0.2, 0.25) is 0 Å². The molecule has 0 aromatic heterocycles. The van der Waals surface area contributed by atoms with Crippen LogP contribution in [0.25, 0.3) is 0 Å². The number of hydrogen-bond donors (Lipinski definition) is 2. The molecule has 0 radical (unpaired) electrons. The first kappa shape index (κ1) is 13.1. The van der Waals surface area contributed by atoms with Crippen molar-refractivity contribution < 1.29 is 14.6 Å². The summed E-state index contributed by atoms with van der Waals surface area (Å²) in [6.45, 7) is 0.641. The van der Waals surface area contributed by atoms with Crippen molar-refractivity contribution in [3.8, 4) is 5.75 Å². The smallest absolute Gasteiger partial charge is 0.423 e. The Morgan fingerprint density at radius 2 is 2.11 bits per heavy atom. The average molecular weight is 263 g/mol. The van der Waals surface area contributed by atoms with Crippen LogP contribution in [0.2, 0.25) is 0 Å². The average Bonchev–Trinajstić information content (AvgIpc) is 2.85. The van der Waals surface area contributed by atoms with E-state index in [1.807, 2.05) is 36.2 Å². The molecule has 0 bridgehead atoms. The fourth-order valence-corrected chi connectivity index (χ4v) is 1.98. The van der Waals surface area contributed by atoms with Gasteiger partial charge >= 0.3 is 6.09 Å². The van der Waals surface area contributed by atoms with E-state index in [2.05, 4.69) is 5.43 Å². The van der Waals surface area contributed by atoms with Crippen molar-refractivity contribution in [2.75, 3.05) is 25.6 Å². The summed E-state index contributed by atoms with van der Waals surface area (Å²) >= 11 is 0. The van der Waals surface area contributed by atoms with Crippen molar-refractivity contribution in [1.82, 2.24) is 10.4 Å². The molecule has 0 saturated carbocycles. The molecule has 0 saturated heterocycles. The Hall–Kier alpha value is -2.37. The number of nitrogens with one attached hydrogen (secondary N) is 1. The summed E-state index contributed by atoms with van der Waals surface area (Å²) in [6.07, 6.45) is 1.55. The van der Waals surface area contributed by atoms with Gasteiger partial charge in [-0.2, -0.15) is 0 Å². The number of carboxylic acid groups (broad SMARTS) is 1. The van der Waals surface area contributed by atoms with E-state index in [0.29, 0.717) is 6.54 Å². The van der Waals surface area contributed by atoms with Gasteiger partial charge in [-0.1, -0.05) is 0 Å². The highest BCUT2D eigenvalue weighted by molar-refractivity contribution is 5.64. The second kappa shape index (κ2) is 5.51. The normalized spacial score (nSPS) is 14.0. The number of amides is 1.